The summed E-state index contributed by atoms with van der Waals surface area (Å²) in [4.78, 5) is 12.9. The van der Waals surface area contributed by atoms with Crippen molar-refractivity contribution in [3.05, 3.63) is 96.1 Å². The van der Waals surface area contributed by atoms with Crippen LogP contribution in [0.5, 0.6) is 0 Å². The van der Waals surface area contributed by atoms with Gasteiger partial charge in [-0.2, -0.15) is 0 Å². The second-order valence-electron chi connectivity index (χ2n) is 10.1. The summed E-state index contributed by atoms with van der Waals surface area (Å²) in [6.07, 6.45) is 4.09. The molecule has 0 radical (unpaired) electrons. The van der Waals surface area contributed by atoms with E-state index in [2.05, 4.69) is 55.6 Å². The molecule has 0 aliphatic carbocycles. The van der Waals surface area contributed by atoms with Crippen LogP contribution in [0, 0.1) is 0 Å². The molecular weight excluding hydrogens is 422 g/mol. The Bertz CT molecular complexity index is 1080. The van der Waals surface area contributed by atoms with Crippen molar-refractivity contribution in [3.63, 3.8) is 0 Å². The summed E-state index contributed by atoms with van der Waals surface area (Å²) in [5.74, 6) is -0.907. The van der Waals surface area contributed by atoms with Crippen LogP contribution in [0.15, 0.2) is 84.9 Å². The van der Waals surface area contributed by atoms with Gasteiger partial charge in [-0.1, -0.05) is 84.9 Å². The Kier molecular flexibility index (Phi) is 6.53. The van der Waals surface area contributed by atoms with Gasteiger partial charge >= 0.3 is 5.97 Å². The van der Waals surface area contributed by atoms with E-state index in [0.717, 1.165) is 29.4 Å². The molecule has 2 aliphatic rings. The molecule has 3 aromatic rings. The van der Waals surface area contributed by atoms with E-state index in [0.29, 0.717) is 12.1 Å². The van der Waals surface area contributed by atoms with Gasteiger partial charge in [-0.05, 0) is 16.7 Å². The van der Waals surface area contributed by atoms with E-state index in [4.69, 9.17) is 4.74 Å². The van der Waals surface area contributed by atoms with Gasteiger partial charge in [0.25, 0.3) is 0 Å². The van der Waals surface area contributed by atoms with Crippen molar-refractivity contribution in [2.24, 2.45) is 0 Å². The Morgan fingerprint density at radius 2 is 1.44 bits per heavy atom. The molecule has 176 valence electrons. The van der Waals surface area contributed by atoms with Gasteiger partial charge in [-0.15, -0.1) is 0 Å². The van der Waals surface area contributed by atoms with E-state index < -0.39 is 5.92 Å². The Labute approximate surface area is 202 Å². The summed E-state index contributed by atoms with van der Waals surface area (Å²) < 4.78 is 7.01. The molecule has 2 saturated heterocycles. The minimum atomic E-state index is -0.607. The average molecular weight is 457 g/mol. The summed E-state index contributed by atoms with van der Waals surface area (Å²) in [6.45, 7) is 0.781. The molecule has 2 fully saturated rings. The van der Waals surface area contributed by atoms with Crippen LogP contribution in [0.25, 0.3) is 11.1 Å². The number of ether oxygens (including phenoxy) is 1. The molecule has 0 spiro atoms. The number of piperidine rings is 1. The van der Waals surface area contributed by atoms with E-state index in [9.17, 15) is 9.90 Å². The van der Waals surface area contributed by atoms with Crippen LogP contribution in [0.3, 0.4) is 0 Å². The number of nitrogens with zero attached hydrogens (tertiary/aromatic N) is 1. The van der Waals surface area contributed by atoms with Crippen LogP contribution in [0.1, 0.15) is 42.7 Å². The monoisotopic (exact) mass is 456 g/mol. The number of carbonyl (C=O) groups is 1. The third-order valence-electron chi connectivity index (χ3n) is 8.11. The van der Waals surface area contributed by atoms with Gasteiger partial charge in [0, 0.05) is 31.2 Å². The first-order valence-corrected chi connectivity index (χ1v) is 12.4. The molecular formula is C30H34NO3+. The van der Waals surface area contributed by atoms with Crippen LogP contribution < -0.4 is 0 Å². The molecule has 2 bridgehead atoms. The number of benzene rings is 3. The number of aliphatic hydroxyl groups is 1. The fourth-order valence-electron chi connectivity index (χ4n) is 6.12. The molecule has 34 heavy (non-hydrogen) atoms. The molecule has 0 amide bonds. The van der Waals surface area contributed by atoms with Crippen molar-refractivity contribution in [2.45, 2.75) is 56.3 Å². The Morgan fingerprint density at radius 1 is 0.882 bits per heavy atom. The molecule has 2 aliphatic heterocycles. The number of hydrogen-bond donors (Lipinski definition) is 1. The topological polar surface area (TPSA) is 46.5 Å². The lowest BCUT2D eigenvalue weighted by Gasteiger charge is -2.47. The summed E-state index contributed by atoms with van der Waals surface area (Å²) >= 11 is 0. The van der Waals surface area contributed by atoms with Crippen molar-refractivity contribution in [1.82, 2.24) is 0 Å². The first-order chi connectivity index (χ1) is 16.6. The molecule has 0 aromatic heterocycles. The van der Waals surface area contributed by atoms with E-state index in [1.807, 2.05) is 36.4 Å². The van der Waals surface area contributed by atoms with Crippen molar-refractivity contribution < 1.29 is 19.1 Å². The highest BCUT2D eigenvalue weighted by Crippen LogP contribution is 2.44. The van der Waals surface area contributed by atoms with Crippen LogP contribution >= 0.6 is 0 Å². The highest BCUT2D eigenvalue weighted by atomic mass is 16.5. The van der Waals surface area contributed by atoms with Crippen molar-refractivity contribution in [1.29, 1.82) is 0 Å². The standard InChI is InChI=1S/C30H34NO3/c1-31(20-22-12-14-24(15-13-22)23-8-4-2-5-9-23)26-16-17-27(31)19-28(18-26)34-30(33)29(21-32)25-10-6-3-7-11-25/h2-15,26-29,32H,16-21H2,1H3/q+1/t26-,27+,28?,29-,31?/m1/s1. The molecule has 1 N–H and O–H groups in total. The van der Waals surface area contributed by atoms with Crippen LogP contribution in [0.2, 0.25) is 0 Å². The fourth-order valence-corrected chi connectivity index (χ4v) is 6.12. The van der Waals surface area contributed by atoms with E-state index in [-0.39, 0.29) is 18.7 Å². The van der Waals surface area contributed by atoms with Gasteiger partial charge in [0.15, 0.2) is 0 Å². The minimum Gasteiger partial charge on any atom is -0.461 e. The number of rotatable bonds is 7. The zero-order valence-corrected chi connectivity index (χ0v) is 19.8. The number of hydrogen-bond acceptors (Lipinski definition) is 3. The van der Waals surface area contributed by atoms with Gasteiger partial charge in [-0.3, -0.25) is 4.79 Å². The van der Waals surface area contributed by atoms with E-state index in [1.54, 1.807) is 0 Å². The van der Waals surface area contributed by atoms with Crippen molar-refractivity contribution in [2.75, 3.05) is 13.7 Å². The number of quaternary nitrogens is 1. The Hall–Kier alpha value is -2.95. The second-order valence-corrected chi connectivity index (χ2v) is 10.1. The number of carbonyl (C=O) groups excluding carboxylic acids is 1. The van der Waals surface area contributed by atoms with Crippen LogP contribution in [0.4, 0.5) is 0 Å². The predicted octanol–water partition coefficient (Wildman–Crippen LogP) is 5.31. The largest absolute Gasteiger partial charge is 0.461 e. The normalized spacial score (nSPS) is 26.7. The van der Waals surface area contributed by atoms with Gasteiger partial charge in [0.1, 0.15) is 18.6 Å². The van der Waals surface area contributed by atoms with Gasteiger partial charge < -0.3 is 14.3 Å². The summed E-state index contributed by atoms with van der Waals surface area (Å²) in [7, 11) is 2.38. The number of fused-ring (bicyclic) bond motifs is 2. The third-order valence-corrected chi connectivity index (χ3v) is 8.11. The third kappa shape index (κ3) is 4.53. The summed E-state index contributed by atoms with van der Waals surface area (Å²) in [5, 5.41) is 9.83. The molecule has 5 rings (SSSR count). The maximum Gasteiger partial charge on any atom is 0.316 e. The zero-order chi connectivity index (χ0) is 23.5. The molecule has 4 heteroatoms. The SMILES string of the molecule is C[N+]1(Cc2ccc(-c3ccccc3)cc2)[C@@H]2CC[C@H]1CC(OC(=O)[C@H](CO)c1ccccc1)C2. The van der Waals surface area contributed by atoms with Gasteiger partial charge in [0.2, 0.25) is 0 Å². The van der Waals surface area contributed by atoms with Crippen LogP contribution in [-0.2, 0) is 16.1 Å². The molecule has 0 saturated carbocycles. The maximum absolute atomic E-state index is 12.9. The molecule has 3 aromatic carbocycles. The lowest BCUT2D eigenvalue weighted by Crippen LogP contribution is -2.58. The predicted molar refractivity (Wildman–Crippen MR) is 134 cm³/mol. The second kappa shape index (κ2) is 9.73. The molecule has 5 atom stereocenters. The Morgan fingerprint density at radius 3 is 2.03 bits per heavy atom. The lowest BCUT2D eigenvalue weighted by molar-refractivity contribution is -0.961. The fraction of sp³-hybridized carbons (Fsp3) is 0.367. The highest BCUT2D eigenvalue weighted by Gasteiger charge is 2.52. The minimum absolute atomic E-state index is 0.0607. The lowest BCUT2D eigenvalue weighted by atomic mass is 9.94. The maximum atomic E-state index is 12.9. The molecule has 2 unspecified atom stereocenters. The zero-order valence-electron chi connectivity index (χ0n) is 19.8. The summed E-state index contributed by atoms with van der Waals surface area (Å²) in [5.41, 5.74) is 4.67. The molecule has 4 nitrogen and oxygen atoms in total. The average Bonchev–Trinajstić information content (AvgIpc) is 3.02. The first kappa shape index (κ1) is 22.8. The number of esters is 1. The summed E-state index contributed by atoms with van der Waals surface area (Å²) in [6, 6.07) is 29.9. The molecule has 2 heterocycles. The van der Waals surface area contributed by atoms with Crippen LogP contribution in [-0.4, -0.2) is 47.4 Å². The van der Waals surface area contributed by atoms with E-state index in [1.165, 1.54) is 29.5 Å². The van der Waals surface area contributed by atoms with E-state index >= 15 is 0 Å². The van der Waals surface area contributed by atoms with Crippen molar-refractivity contribution in [3.8, 4) is 11.1 Å². The number of aliphatic hydroxyl groups excluding tert-OH is 1. The first-order valence-electron chi connectivity index (χ1n) is 12.4. The quantitative estimate of drug-likeness (QED) is 0.387. The van der Waals surface area contributed by atoms with Crippen molar-refractivity contribution >= 4 is 5.97 Å². The highest BCUT2D eigenvalue weighted by molar-refractivity contribution is 5.78. The smallest absolute Gasteiger partial charge is 0.316 e. The van der Waals surface area contributed by atoms with Gasteiger partial charge in [0.05, 0.1) is 25.7 Å². The van der Waals surface area contributed by atoms with Gasteiger partial charge in [-0.25, -0.2) is 0 Å². The Balaban J connectivity index is 1.24.